The zero-order valence-corrected chi connectivity index (χ0v) is 9.37. The zero-order valence-electron chi connectivity index (χ0n) is 8.61. The van der Waals surface area contributed by atoms with Gasteiger partial charge in [0.15, 0.2) is 0 Å². The molecular formula is C12H11ClN2O. The molecule has 0 aliphatic heterocycles. The number of carbonyl (C=O) groups excluding carboxylic acids is 1. The first kappa shape index (κ1) is 11.0. The van der Waals surface area contributed by atoms with Crippen LogP contribution in [0.5, 0.6) is 0 Å². The number of carbonyl (C=O) groups is 1. The highest BCUT2D eigenvalue weighted by atomic mass is 35.5. The summed E-state index contributed by atoms with van der Waals surface area (Å²) in [4.78, 5) is 11.8. The van der Waals surface area contributed by atoms with Gasteiger partial charge in [-0.3, -0.25) is 4.79 Å². The second-order valence-electron chi connectivity index (χ2n) is 3.92. The minimum atomic E-state index is -0.358. The van der Waals surface area contributed by atoms with Gasteiger partial charge >= 0.3 is 0 Å². The molecule has 0 aromatic heterocycles. The number of amides is 1. The Hall–Kier alpha value is -1.53. The van der Waals surface area contributed by atoms with E-state index >= 15 is 0 Å². The summed E-state index contributed by atoms with van der Waals surface area (Å²) in [6.45, 7) is 0. The zero-order chi connectivity index (χ0) is 11.5. The minimum absolute atomic E-state index is 0.213. The van der Waals surface area contributed by atoms with Gasteiger partial charge in [-0.15, -0.1) is 0 Å². The Morgan fingerprint density at radius 3 is 2.56 bits per heavy atom. The van der Waals surface area contributed by atoms with Crippen LogP contribution in [0.25, 0.3) is 0 Å². The topological polar surface area (TPSA) is 52.9 Å². The van der Waals surface area contributed by atoms with Gasteiger partial charge in [-0.1, -0.05) is 11.6 Å². The second-order valence-corrected chi connectivity index (χ2v) is 4.36. The van der Waals surface area contributed by atoms with Crippen molar-refractivity contribution in [1.29, 1.82) is 5.26 Å². The fourth-order valence-electron chi connectivity index (χ4n) is 1.51. The van der Waals surface area contributed by atoms with E-state index < -0.39 is 0 Å². The van der Waals surface area contributed by atoms with Crippen LogP contribution in [-0.4, -0.2) is 11.9 Å². The van der Waals surface area contributed by atoms with E-state index in [2.05, 4.69) is 11.4 Å². The third kappa shape index (κ3) is 2.53. The smallest absolute Gasteiger partial charge is 0.252 e. The standard InChI is InChI=1S/C12H11ClN2O/c13-10-5-3-9(4-6-10)12(16)15-11(7-14)8-1-2-8/h3-6,8,11H,1-2H2,(H,15,16). The normalized spacial score (nSPS) is 16.2. The Morgan fingerprint density at radius 1 is 1.44 bits per heavy atom. The molecule has 0 heterocycles. The van der Waals surface area contributed by atoms with Gasteiger partial charge in [0.2, 0.25) is 0 Å². The molecule has 4 heteroatoms. The van der Waals surface area contributed by atoms with E-state index in [0.717, 1.165) is 12.8 Å². The molecule has 1 aromatic carbocycles. The van der Waals surface area contributed by atoms with E-state index in [4.69, 9.17) is 16.9 Å². The monoisotopic (exact) mass is 234 g/mol. The molecule has 1 aromatic rings. The molecule has 1 amide bonds. The van der Waals surface area contributed by atoms with E-state index in [0.29, 0.717) is 16.5 Å². The molecule has 1 aliphatic carbocycles. The SMILES string of the molecule is N#CC(NC(=O)c1ccc(Cl)cc1)C1CC1. The van der Waals surface area contributed by atoms with Crippen molar-refractivity contribution in [2.75, 3.05) is 0 Å². The first-order valence-electron chi connectivity index (χ1n) is 5.17. The summed E-state index contributed by atoms with van der Waals surface area (Å²) >= 11 is 5.73. The largest absolute Gasteiger partial charge is 0.336 e. The van der Waals surface area contributed by atoms with Crippen LogP contribution in [0.2, 0.25) is 5.02 Å². The highest BCUT2D eigenvalue weighted by Crippen LogP contribution is 2.32. The quantitative estimate of drug-likeness (QED) is 0.873. The van der Waals surface area contributed by atoms with E-state index in [1.807, 2.05) is 0 Å². The Kier molecular flexibility index (Phi) is 3.12. The first-order valence-corrected chi connectivity index (χ1v) is 5.54. The van der Waals surface area contributed by atoms with Crippen LogP contribution in [0.3, 0.4) is 0 Å². The molecule has 1 unspecified atom stereocenters. The van der Waals surface area contributed by atoms with E-state index in [9.17, 15) is 4.79 Å². The number of hydrogen-bond acceptors (Lipinski definition) is 2. The minimum Gasteiger partial charge on any atom is -0.336 e. The van der Waals surface area contributed by atoms with Crippen LogP contribution < -0.4 is 5.32 Å². The van der Waals surface area contributed by atoms with Gasteiger partial charge < -0.3 is 5.32 Å². The van der Waals surface area contributed by atoms with E-state index in [-0.39, 0.29) is 11.9 Å². The molecule has 0 bridgehead atoms. The third-order valence-electron chi connectivity index (χ3n) is 2.63. The lowest BCUT2D eigenvalue weighted by Crippen LogP contribution is -2.35. The van der Waals surface area contributed by atoms with Crippen molar-refractivity contribution in [2.45, 2.75) is 18.9 Å². The lowest BCUT2D eigenvalue weighted by atomic mass is 10.1. The average molecular weight is 235 g/mol. The van der Waals surface area contributed by atoms with E-state index in [1.165, 1.54) is 0 Å². The molecule has 1 N–H and O–H groups in total. The maximum absolute atomic E-state index is 11.8. The Balaban J connectivity index is 2.02. The molecule has 16 heavy (non-hydrogen) atoms. The summed E-state index contributed by atoms with van der Waals surface area (Å²) in [5.74, 6) is 0.122. The number of nitriles is 1. The number of benzene rings is 1. The highest BCUT2D eigenvalue weighted by Gasteiger charge is 2.32. The summed E-state index contributed by atoms with van der Waals surface area (Å²) in [6.07, 6.45) is 2.05. The molecular weight excluding hydrogens is 224 g/mol. The Morgan fingerprint density at radius 2 is 2.06 bits per heavy atom. The molecule has 82 valence electrons. The van der Waals surface area contributed by atoms with Crippen LogP contribution in [0.4, 0.5) is 0 Å². The highest BCUT2D eigenvalue weighted by molar-refractivity contribution is 6.30. The molecule has 1 fully saturated rings. The number of nitrogens with one attached hydrogen (secondary N) is 1. The van der Waals surface area contributed by atoms with Crippen molar-refractivity contribution >= 4 is 17.5 Å². The van der Waals surface area contributed by atoms with Crippen molar-refractivity contribution in [1.82, 2.24) is 5.32 Å². The van der Waals surface area contributed by atoms with Gasteiger partial charge in [0.25, 0.3) is 5.91 Å². The number of nitrogens with zero attached hydrogens (tertiary/aromatic N) is 1. The first-order chi connectivity index (χ1) is 7.70. The lowest BCUT2D eigenvalue weighted by molar-refractivity contribution is 0.0942. The number of rotatable bonds is 3. The third-order valence-corrected chi connectivity index (χ3v) is 2.88. The van der Waals surface area contributed by atoms with Gasteiger partial charge in [0.1, 0.15) is 6.04 Å². The molecule has 1 saturated carbocycles. The fraction of sp³-hybridized carbons (Fsp3) is 0.333. The summed E-state index contributed by atoms with van der Waals surface area (Å²) in [7, 11) is 0. The van der Waals surface area contributed by atoms with Crippen LogP contribution in [0.1, 0.15) is 23.2 Å². The maximum Gasteiger partial charge on any atom is 0.252 e. The predicted octanol–water partition coefficient (Wildman–Crippen LogP) is 2.37. The predicted molar refractivity (Wildman–Crippen MR) is 61.0 cm³/mol. The second kappa shape index (κ2) is 4.54. The number of halogens is 1. The van der Waals surface area contributed by atoms with Crippen molar-refractivity contribution in [3.05, 3.63) is 34.9 Å². The number of hydrogen-bond donors (Lipinski definition) is 1. The van der Waals surface area contributed by atoms with Gasteiger partial charge in [-0.25, -0.2) is 0 Å². The van der Waals surface area contributed by atoms with Crippen LogP contribution in [0, 0.1) is 17.2 Å². The molecule has 3 nitrogen and oxygen atoms in total. The molecule has 0 radical (unpaired) electrons. The van der Waals surface area contributed by atoms with Crippen molar-refractivity contribution in [2.24, 2.45) is 5.92 Å². The Bertz CT molecular complexity index is 431. The maximum atomic E-state index is 11.8. The van der Waals surface area contributed by atoms with Gasteiger partial charge in [0, 0.05) is 10.6 Å². The van der Waals surface area contributed by atoms with Crippen molar-refractivity contribution < 1.29 is 4.79 Å². The fourth-order valence-corrected chi connectivity index (χ4v) is 1.64. The van der Waals surface area contributed by atoms with E-state index in [1.54, 1.807) is 24.3 Å². The van der Waals surface area contributed by atoms with Crippen LogP contribution in [-0.2, 0) is 0 Å². The van der Waals surface area contributed by atoms with Gasteiger partial charge in [0.05, 0.1) is 6.07 Å². The molecule has 1 atom stereocenters. The van der Waals surface area contributed by atoms with Crippen LogP contribution >= 0.6 is 11.6 Å². The lowest BCUT2D eigenvalue weighted by Gasteiger charge is -2.10. The van der Waals surface area contributed by atoms with Crippen LogP contribution in [0.15, 0.2) is 24.3 Å². The Labute approximate surface area is 99.0 Å². The summed E-state index contributed by atoms with van der Waals surface area (Å²) < 4.78 is 0. The average Bonchev–Trinajstić information content (AvgIpc) is 3.10. The summed E-state index contributed by atoms with van der Waals surface area (Å²) in [5.41, 5.74) is 0.533. The molecule has 0 saturated heterocycles. The molecule has 1 aliphatic rings. The van der Waals surface area contributed by atoms with Gasteiger partial charge in [-0.2, -0.15) is 5.26 Å². The van der Waals surface area contributed by atoms with Crippen molar-refractivity contribution in [3.63, 3.8) is 0 Å². The summed E-state index contributed by atoms with van der Waals surface area (Å²) in [6, 6.07) is 8.39. The van der Waals surface area contributed by atoms with Crippen molar-refractivity contribution in [3.8, 4) is 6.07 Å². The van der Waals surface area contributed by atoms with Gasteiger partial charge in [-0.05, 0) is 43.0 Å². The molecule has 2 rings (SSSR count). The summed E-state index contributed by atoms with van der Waals surface area (Å²) in [5, 5.41) is 12.2. The molecule has 0 spiro atoms.